The molecule has 0 aromatic heterocycles. The summed E-state index contributed by atoms with van der Waals surface area (Å²) in [4.78, 5) is 2.27. The number of piperidine rings is 1. The smallest absolute Gasteiger partial charge is 0.0962 e. The van der Waals surface area contributed by atoms with Crippen molar-refractivity contribution in [2.45, 2.75) is 44.6 Å². The molecule has 0 aliphatic carbocycles. The van der Waals surface area contributed by atoms with E-state index >= 15 is 0 Å². The Bertz CT molecular complexity index is 221. The SMILES string of the molecule is CC1(N2CCCCC2=N)CCCOC1. The van der Waals surface area contributed by atoms with Crippen LogP contribution in [-0.2, 0) is 4.74 Å². The monoisotopic (exact) mass is 196 g/mol. The first-order valence-electron chi connectivity index (χ1n) is 5.65. The van der Waals surface area contributed by atoms with Crippen LogP contribution in [-0.4, -0.2) is 36.0 Å². The Kier molecular flexibility index (Phi) is 2.77. The van der Waals surface area contributed by atoms with Crippen LogP contribution in [0.4, 0.5) is 0 Å². The predicted octanol–water partition coefficient (Wildman–Crippen LogP) is 2.02. The highest BCUT2D eigenvalue weighted by Crippen LogP contribution is 2.29. The Labute approximate surface area is 85.9 Å². The van der Waals surface area contributed by atoms with E-state index in [1.807, 2.05) is 0 Å². The Hall–Kier alpha value is -0.570. The maximum atomic E-state index is 7.98. The molecule has 2 saturated heterocycles. The van der Waals surface area contributed by atoms with Gasteiger partial charge in [-0.1, -0.05) is 0 Å². The van der Waals surface area contributed by atoms with Gasteiger partial charge in [0.1, 0.15) is 0 Å². The van der Waals surface area contributed by atoms with Crippen LogP contribution in [0.3, 0.4) is 0 Å². The van der Waals surface area contributed by atoms with E-state index in [-0.39, 0.29) is 5.54 Å². The third-order valence-electron chi connectivity index (χ3n) is 3.44. The van der Waals surface area contributed by atoms with Crippen molar-refractivity contribution in [2.24, 2.45) is 0 Å². The zero-order chi connectivity index (χ0) is 10.0. The number of hydrogen-bond acceptors (Lipinski definition) is 2. The van der Waals surface area contributed by atoms with Gasteiger partial charge in [0.05, 0.1) is 18.0 Å². The summed E-state index contributed by atoms with van der Waals surface area (Å²) in [6.45, 7) is 5.00. The molecule has 3 nitrogen and oxygen atoms in total. The van der Waals surface area contributed by atoms with Crippen molar-refractivity contribution >= 4 is 5.84 Å². The van der Waals surface area contributed by atoms with E-state index < -0.39 is 0 Å². The van der Waals surface area contributed by atoms with E-state index in [0.717, 1.165) is 38.4 Å². The number of hydrogen-bond donors (Lipinski definition) is 1. The first kappa shape index (κ1) is 9.97. The van der Waals surface area contributed by atoms with Crippen molar-refractivity contribution in [3.05, 3.63) is 0 Å². The summed E-state index contributed by atoms with van der Waals surface area (Å²) in [7, 11) is 0. The molecule has 2 aliphatic rings. The molecule has 1 N–H and O–H groups in total. The highest BCUT2D eigenvalue weighted by molar-refractivity contribution is 5.80. The standard InChI is InChI=1S/C11H20N2O/c1-11(6-4-8-14-9-11)13-7-3-2-5-10(13)12/h12H,2-9H2,1H3. The fraction of sp³-hybridized carbons (Fsp3) is 0.909. The Morgan fingerprint density at radius 1 is 1.36 bits per heavy atom. The summed E-state index contributed by atoms with van der Waals surface area (Å²) < 4.78 is 5.55. The van der Waals surface area contributed by atoms with Crippen LogP contribution in [0.1, 0.15) is 39.0 Å². The van der Waals surface area contributed by atoms with Crippen LogP contribution >= 0.6 is 0 Å². The maximum absolute atomic E-state index is 7.98. The van der Waals surface area contributed by atoms with Crippen LogP contribution < -0.4 is 0 Å². The van der Waals surface area contributed by atoms with Crippen molar-refractivity contribution in [1.82, 2.24) is 4.90 Å². The van der Waals surface area contributed by atoms with Gasteiger partial charge in [-0.3, -0.25) is 5.41 Å². The third kappa shape index (κ3) is 1.78. The molecule has 2 aliphatic heterocycles. The van der Waals surface area contributed by atoms with E-state index in [9.17, 15) is 0 Å². The molecule has 0 bridgehead atoms. The second-order valence-corrected chi connectivity index (χ2v) is 4.71. The van der Waals surface area contributed by atoms with E-state index in [4.69, 9.17) is 10.1 Å². The van der Waals surface area contributed by atoms with Crippen LogP contribution in [0.2, 0.25) is 0 Å². The molecule has 14 heavy (non-hydrogen) atoms. The van der Waals surface area contributed by atoms with Gasteiger partial charge in [-0.25, -0.2) is 0 Å². The number of amidine groups is 1. The third-order valence-corrected chi connectivity index (χ3v) is 3.44. The number of nitrogens with zero attached hydrogens (tertiary/aromatic N) is 1. The average Bonchev–Trinajstić information content (AvgIpc) is 2.19. The lowest BCUT2D eigenvalue weighted by Gasteiger charge is -2.46. The van der Waals surface area contributed by atoms with Gasteiger partial charge in [0.15, 0.2) is 0 Å². The van der Waals surface area contributed by atoms with Crippen LogP contribution in [0.15, 0.2) is 0 Å². The lowest BCUT2D eigenvalue weighted by Crippen LogP contribution is -2.55. The van der Waals surface area contributed by atoms with Gasteiger partial charge in [0.2, 0.25) is 0 Å². The molecule has 0 spiro atoms. The van der Waals surface area contributed by atoms with Crippen LogP contribution in [0.5, 0.6) is 0 Å². The summed E-state index contributed by atoms with van der Waals surface area (Å²) >= 11 is 0. The summed E-state index contributed by atoms with van der Waals surface area (Å²) in [5.74, 6) is 0.823. The van der Waals surface area contributed by atoms with Gasteiger partial charge in [-0.05, 0) is 32.6 Å². The first-order valence-corrected chi connectivity index (χ1v) is 5.65. The van der Waals surface area contributed by atoms with Crippen molar-refractivity contribution < 1.29 is 4.74 Å². The summed E-state index contributed by atoms with van der Waals surface area (Å²) in [6.07, 6.45) is 5.69. The van der Waals surface area contributed by atoms with E-state index in [1.54, 1.807) is 0 Å². The summed E-state index contributed by atoms with van der Waals surface area (Å²) in [5.41, 5.74) is 0.107. The highest BCUT2D eigenvalue weighted by Gasteiger charge is 2.36. The van der Waals surface area contributed by atoms with E-state index in [2.05, 4.69) is 11.8 Å². The first-order chi connectivity index (χ1) is 6.72. The van der Waals surface area contributed by atoms with Gasteiger partial charge in [0.25, 0.3) is 0 Å². The molecule has 0 amide bonds. The largest absolute Gasteiger partial charge is 0.379 e. The van der Waals surface area contributed by atoms with Crippen molar-refractivity contribution in [1.29, 1.82) is 5.41 Å². The minimum Gasteiger partial charge on any atom is -0.379 e. The summed E-state index contributed by atoms with van der Waals surface area (Å²) in [5, 5.41) is 7.98. The van der Waals surface area contributed by atoms with Crippen molar-refractivity contribution in [3.63, 3.8) is 0 Å². The number of ether oxygens (including phenoxy) is 1. The highest BCUT2D eigenvalue weighted by atomic mass is 16.5. The lowest BCUT2D eigenvalue weighted by atomic mass is 9.90. The quantitative estimate of drug-likeness (QED) is 0.696. The molecule has 2 heterocycles. The molecule has 2 fully saturated rings. The van der Waals surface area contributed by atoms with Gasteiger partial charge in [0, 0.05) is 19.6 Å². The topological polar surface area (TPSA) is 36.3 Å². The fourth-order valence-electron chi connectivity index (χ4n) is 2.56. The summed E-state index contributed by atoms with van der Waals surface area (Å²) in [6, 6.07) is 0. The molecule has 2 rings (SSSR count). The Balaban J connectivity index is 2.06. The molecular formula is C11H20N2O. The zero-order valence-corrected chi connectivity index (χ0v) is 9.01. The van der Waals surface area contributed by atoms with Gasteiger partial charge >= 0.3 is 0 Å². The van der Waals surface area contributed by atoms with Crippen molar-refractivity contribution in [3.8, 4) is 0 Å². The molecule has 1 unspecified atom stereocenters. The number of likely N-dealkylation sites (tertiary alicyclic amines) is 1. The zero-order valence-electron chi connectivity index (χ0n) is 9.01. The molecule has 0 aromatic rings. The Morgan fingerprint density at radius 3 is 2.86 bits per heavy atom. The molecule has 0 aromatic carbocycles. The van der Waals surface area contributed by atoms with Gasteiger partial charge in [-0.15, -0.1) is 0 Å². The average molecular weight is 196 g/mol. The molecule has 80 valence electrons. The van der Waals surface area contributed by atoms with Crippen molar-refractivity contribution in [2.75, 3.05) is 19.8 Å². The van der Waals surface area contributed by atoms with Crippen LogP contribution in [0, 0.1) is 5.41 Å². The second kappa shape index (κ2) is 3.89. The normalized spacial score (nSPS) is 34.6. The van der Waals surface area contributed by atoms with E-state index in [1.165, 1.54) is 19.3 Å². The molecular weight excluding hydrogens is 176 g/mol. The van der Waals surface area contributed by atoms with Gasteiger partial charge < -0.3 is 9.64 Å². The second-order valence-electron chi connectivity index (χ2n) is 4.71. The maximum Gasteiger partial charge on any atom is 0.0962 e. The number of nitrogens with one attached hydrogen (secondary N) is 1. The molecule has 3 heteroatoms. The Morgan fingerprint density at radius 2 is 2.21 bits per heavy atom. The molecule has 1 atom stereocenters. The fourth-order valence-corrected chi connectivity index (χ4v) is 2.56. The van der Waals surface area contributed by atoms with E-state index in [0.29, 0.717) is 0 Å². The minimum absolute atomic E-state index is 0.107. The minimum atomic E-state index is 0.107. The van der Waals surface area contributed by atoms with Gasteiger partial charge in [-0.2, -0.15) is 0 Å². The predicted molar refractivity (Wildman–Crippen MR) is 56.7 cm³/mol. The lowest BCUT2D eigenvalue weighted by molar-refractivity contribution is -0.0151. The molecule has 0 radical (unpaired) electrons. The number of rotatable bonds is 1. The van der Waals surface area contributed by atoms with Crippen LogP contribution in [0.25, 0.3) is 0 Å². The molecule has 0 saturated carbocycles.